The fraction of sp³-hybridized carbons (Fsp3) is 0.444. The van der Waals surface area contributed by atoms with Crippen LogP contribution >= 0.6 is 0 Å². The van der Waals surface area contributed by atoms with E-state index in [-0.39, 0.29) is 6.42 Å². The first-order valence-electron chi connectivity index (χ1n) is 4.24. The van der Waals surface area contributed by atoms with Crippen molar-refractivity contribution in [1.82, 2.24) is 9.97 Å². The van der Waals surface area contributed by atoms with Crippen LogP contribution in [0.5, 0.6) is 0 Å². The maximum atomic E-state index is 10.2. The zero-order valence-electron chi connectivity index (χ0n) is 7.53. The van der Waals surface area contributed by atoms with Crippen LogP contribution in [0, 0.1) is 0 Å². The largest absolute Gasteiger partial charge is 0.481 e. The molecule has 70 valence electrons. The smallest absolute Gasteiger partial charge is 0.303 e. The zero-order chi connectivity index (χ0) is 9.68. The highest BCUT2D eigenvalue weighted by atomic mass is 16.4. The predicted molar refractivity (Wildman–Crippen MR) is 47.4 cm³/mol. The maximum Gasteiger partial charge on any atom is 0.303 e. The normalized spacial score (nSPS) is 9.92. The van der Waals surface area contributed by atoms with Gasteiger partial charge in [-0.15, -0.1) is 0 Å². The third-order valence-corrected chi connectivity index (χ3v) is 1.72. The van der Waals surface area contributed by atoms with Crippen LogP contribution in [0.1, 0.15) is 24.7 Å². The Morgan fingerprint density at radius 1 is 1.38 bits per heavy atom. The standard InChI is InChI=1S/C9H12N2O2/c1-2-7-5-11-8(6-10-7)3-4-9(12)13/h5-6H,2-4H2,1H3,(H,12,13). The highest BCUT2D eigenvalue weighted by Crippen LogP contribution is 1.99. The van der Waals surface area contributed by atoms with Crippen molar-refractivity contribution < 1.29 is 9.90 Å². The first-order chi connectivity index (χ1) is 6.22. The van der Waals surface area contributed by atoms with E-state index in [1.807, 2.05) is 6.92 Å². The molecule has 0 saturated carbocycles. The van der Waals surface area contributed by atoms with Crippen LogP contribution in [0.4, 0.5) is 0 Å². The van der Waals surface area contributed by atoms with Gasteiger partial charge in [-0.05, 0) is 6.42 Å². The van der Waals surface area contributed by atoms with E-state index in [2.05, 4.69) is 9.97 Å². The quantitative estimate of drug-likeness (QED) is 0.752. The summed E-state index contributed by atoms with van der Waals surface area (Å²) in [4.78, 5) is 18.5. The summed E-state index contributed by atoms with van der Waals surface area (Å²) >= 11 is 0. The van der Waals surface area contributed by atoms with Crippen molar-refractivity contribution in [3.05, 3.63) is 23.8 Å². The molecule has 0 spiro atoms. The van der Waals surface area contributed by atoms with Crippen molar-refractivity contribution in [2.75, 3.05) is 0 Å². The Bertz CT molecular complexity index is 282. The molecule has 0 unspecified atom stereocenters. The van der Waals surface area contributed by atoms with E-state index in [1.165, 1.54) is 0 Å². The molecule has 4 heteroatoms. The lowest BCUT2D eigenvalue weighted by atomic mass is 10.2. The third kappa shape index (κ3) is 3.19. The van der Waals surface area contributed by atoms with E-state index in [9.17, 15) is 4.79 Å². The minimum Gasteiger partial charge on any atom is -0.481 e. The summed E-state index contributed by atoms with van der Waals surface area (Å²) in [6, 6.07) is 0. The summed E-state index contributed by atoms with van der Waals surface area (Å²) in [6.07, 6.45) is 4.75. The van der Waals surface area contributed by atoms with Crippen LogP contribution in [0.15, 0.2) is 12.4 Å². The number of hydrogen-bond acceptors (Lipinski definition) is 3. The lowest BCUT2D eigenvalue weighted by molar-refractivity contribution is -0.136. The molecule has 1 aromatic heterocycles. The molecule has 1 rings (SSSR count). The molecule has 1 aromatic rings. The molecule has 0 aliphatic heterocycles. The van der Waals surface area contributed by atoms with Crippen molar-refractivity contribution in [1.29, 1.82) is 0 Å². The minimum atomic E-state index is -0.804. The Kier molecular flexibility index (Phi) is 3.37. The number of carbonyl (C=O) groups is 1. The molecule has 0 aromatic carbocycles. The summed E-state index contributed by atoms with van der Waals surface area (Å²) in [5, 5.41) is 8.43. The van der Waals surface area contributed by atoms with Gasteiger partial charge in [0.25, 0.3) is 0 Å². The monoisotopic (exact) mass is 180 g/mol. The predicted octanol–water partition coefficient (Wildman–Crippen LogP) is 1.06. The van der Waals surface area contributed by atoms with Crippen molar-refractivity contribution in [3.8, 4) is 0 Å². The van der Waals surface area contributed by atoms with E-state index >= 15 is 0 Å². The highest BCUT2D eigenvalue weighted by Gasteiger charge is 2.00. The SMILES string of the molecule is CCc1cnc(CCC(=O)O)cn1. The maximum absolute atomic E-state index is 10.2. The molecule has 0 amide bonds. The van der Waals surface area contributed by atoms with Gasteiger partial charge in [-0.25, -0.2) is 0 Å². The number of carboxylic acid groups (broad SMARTS) is 1. The lowest BCUT2D eigenvalue weighted by Gasteiger charge is -1.98. The fourth-order valence-electron chi connectivity index (χ4n) is 0.928. The fourth-order valence-corrected chi connectivity index (χ4v) is 0.928. The first-order valence-corrected chi connectivity index (χ1v) is 4.24. The number of aromatic nitrogens is 2. The van der Waals surface area contributed by atoms with Crippen molar-refractivity contribution >= 4 is 5.97 Å². The van der Waals surface area contributed by atoms with Gasteiger partial charge in [0.15, 0.2) is 0 Å². The average molecular weight is 180 g/mol. The number of aryl methyl sites for hydroxylation is 2. The molecule has 1 heterocycles. The van der Waals surface area contributed by atoms with E-state index in [0.29, 0.717) is 6.42 Å². The van der Waals surface area contributed by atoms with Gasteiger partial charge in [0.2, 0.25) is 0 Å². The zero-order valence-corrected chi connectivity index (χ0v) is 7.53. The second-order valence-electron chi connectivity index (χ2n) is 2.75. The Labute approximate surface area is 76.7 Å². The third-order valence-electron chi connectivity index (χ3n) is 1.72. The molecule has 0 saturated heterocycles. The summed E-state index contributed by atoms with van der Waals surface area (Å²) in [6.45, 7) is 2.00. The van der Waals surface area contributed by atoms with Gasteiger partial charge in [0, 0.05) is 18.8 Å². The lowest BCUT2D eigenvalue weighted by Crippen LogP contribution is -2.00. The second kappa shape index (κ2) is 4.54. The van der Waals surface area contributed by atoms with Crippen LogP contribution in [0.2, 0.25) is 0 Å². The van der Waals surface area contributed by atoms with Crippen LogP contribution in [0.25, 0.3) is 0 Å². The summed E-state index contributed by atoms with van der Waals surface area (Å²) in [7, 11) is 0. The van der Waals surface area contributed by atoms with Crippen molar-refractivity contribution in [2.24, 2.45) is 0 Å². The molecule has 0 radical (unpaired) electrons. The van der Waals surface area contributed by atoms with Crippen LogP contribution in [0.3, 0.4) is 0 Å². The van der Waals surface area contributed by atoms with Crippen molar-refractivity contribution in [3.63, 3.8) is 0 Å². The van der Waals surface area contributed by atoms with Crippen LogP contribution < -0.4 is 0 Å². The second-order valence-corrected chi connectivity index (χ2v) is 2.75. The molecular formula is C9H12N2O2. The Hall–Kier alpha value is -1.45. The Balaban J connectivity index is 2.54. The van der Waals surface area contributed by atoms with Crippen molar-refractivity contribution in [2.45, 2.75) is 26.2 Å². The molecule has 0 fully saturated rings. The number of hydrogen-bond donors (Lipinski definition) is 1. The molecule has 1 N–H and O–H groups in total. The van der Waals surface area contributed by atoms with E-state index < -0.39 is 5.97 Å². The molecule has 0 atom stereocenters. The molecule has 4 nitrogen and oxygen atoms in total. The molecular weight excluding hydrogens is 168 g/mol. The topological polar surface area (TPSA) is 63.1 Å². The van der Waals surface area contributed by atoms with Gasteiger partial charge >= 0.3 is 5.97 Å². The first kappa shape index (κ1) is 9.64. The average Bonchev–Trinajstić information content (AvgIpc) is 2.15. The Morgan fingerprint density at radius 3 is 2.46 bits per heavy atom. The highest BCUT2D eigenvalue weighted by molar-refractivity contribution is 5.66. The van der Waals surface area contributed by atoms with Gasteiger partial charge in [-0.2, -0.15) is 0 Å². The number of aliphatic carboxylic acids is 1. The van der Waals surface area contributed by atoms with Gasteiger partial charge in [0.1, 0.15) is 0 Å². The molecule has 0 bridgehead atoms. The number of rotatable bonds is 4. The number of carboxylic acids is 1. The van der Waals surface area contributed by atoms with Crippen LogP contribution in [-0.4, -0.2) is 21.0 Å². The minimum absolute atomic E-state index is 0.111. The molecule has 0 aliphatic rings. The van der Waals surface area contributed by atoms with Gasteiger partial charge in [-0.3, -0.25) is 14.8 Å². The molecule has 13 heavy (non-hydrogen) atoms. The van der Waals surface area contributed by atoms with E-state index in [0.717, 1.165) is 17.8 Å². The van der Waals surface area contributed by atoms with Gasteiger partial charge < -0.3 is 5.11 Å². The molecule has 0 aliphatic carbocycles. The van der Waals surface area contributed by atoms with Gasteiger partial charge in [0.05, 0.1) is 17.8 Å². The Morgan fingerprint density at radius 2 is 2.00 bits per heavy atom. The summed E-state index contributed by atoms with van der Waals surface area (Å²) in [5.41, 5.74) is 1.67. The van der Waals surface area contributed by atoms with E-state index in [1.54, 1.807) is 12.4 Å². The summed E-state index contributed by atoms with van der Waals surface area (Å²) in [5.74, 6) is -0.804. The van der Waals surface area contributed by atoms with E-state index in [4.69, 9.17) is 5.11 Å². The van der Waals surface area contributed by atoms with Crippen LogP contribution in [-0.2, 0) is 17.6 Å². The van der Waals surface area contributed by atoms with Gasteiger partial charge in [-0.1, -0.05) is 6.92 Å². The summed E-state index contributed by atoms with van der Waals surface area (Å²) < 4.78 is 0. The number of nitrogens with zero attached hydrogens (tertiary/aromatic N) is 2.